The van der Waals surface area contributed by atoms with E-state index >= 15 is 0 Å². The SMILES string of the molecule is COc1cc(CN2CCC3(CCNCC3)C2)cc(OC)c1OCc1ccccc1.Cl. The van der Waals surface area contributed by atoms with Crippen molar-refractivity contribution in [2.24, 2.45) is 5.41 Å². The summed E-state index contributed by atoms with van der Waals surface area (Å²) in [6.45, 7) is 6.06. The molecule has 1 spiro atoms. The van der Waals surface area contributed by atoms with Crippen LogP contribution < -0.4 is 19.5 Å². The molecule has 1 N–H and O–H groups in total. The van der Waals surface area contributed by atoms with E-state index in [1.807, 2.05) is 18.2 Å². The average Bonchev–Trinajstić information content (AvgIpc) is 3.14. The maximum absolute atomic E-state index is 6.08. The maximum Gasteiger partial charge on any atom is 0.203 e. The molecule has 164 valence electrons. The van der Waals surface area contributed by atoms with E-state index in [0.717, 1.165) is 43.2 Å². The Morgan fingerprint density at radius 1 is 0.933 bits per heavy atom. The first-order chi connectivity index (χ1) is 14.2. The highest BCUT2D eigenvalue weighted by Crippen LogP contribution is 2.42. The van der Waals surface area contributed by atoms with Crippen LogP contribution in [0.5, 0.6) is 17.2 Å². The summed E-state index contributed by atoms with van der Waals surface area (Å²) in [5.74, 6) is 2.12. The van der Waals surface area contributed by atoms with Crippen LogP contribution in [0.15, 0.2) is 42.5 Å². The Bertz CT molecular complexity index is 784. The summed E-state index contributed by atoms with van der Waals surface area (Å²) in [6, 6.07) is 14.3. The second-order valence-corrected chi connectivity index (χ2v) is 8.31. The Morgan fingerprint density at radius 3 is 2.23 bits per heavy atom. The van der Waals surface area contributed by atoms with Gasteiger partial charge in [-0.15, -0.1) is 12.4 Å². The first-order valence-electron chi connectivity index (χ1n) is 10.6. The first-order valence-corrected chi connectivity index (χ1v) is 10.6. The van der Waals surface area contributed by atoms with Gasteiger partial charge in [0.15, 0.2) is 11.5 Å². The van der Waals surface area contributed by atoms with Gasteiger partial charge >= 0.3 is 0 Å². The standard InChI is InChI=1S/C24H32N2O3.ClH/c1-27-21-14-20(16-26-13-10-24(18-26)8-11-25-12-9-24)15-22(28-2)23(21)29-17-19-6-4-3-5-7-19;/h3-7,14-15,25H,8-13,16-18H2,1-2H3;1H. The molecule has 0 unspecified atom stereocenters. The van der Waals surface area contributed by atoms with Crippen molar-refractivity contribution >= 4 is 12.4 Å². The lowest BCUT2D eigenvalue weighted by atomic mass is 9.78. The van der Waals surface area contributed by atoms with Crippen LogP contribution in [-0.2, 0) is 13.2 Å². The minimum Gasteiger partial charge on any atom is -0.493 e. The third-order valence-electron chi connectivity index (χ3n) is 6.33. The Kier molecular flexibility index (Phi) is 7.87. The van der Waals surface area contributed by atoms with Gasteiger partial charge in [-0.1, -0.05) is 30.3 Å². The van der Waals surface area contributed by atoms with Crippen molar-refractivity contribution in [2.75, 3.05) is 40.4 Å². The lowest BCUT2D eigenvalue weighted by Gasteiger charge is -2.34. The van der Waals surface area contributed by atoms with Crippen molar-refractivity contribution in [1.29, 1.82) is 0 Å². The number of piperidine rings is 1. The van der Waals surface area contributed by atoms with Crippen molar-refractivity contribution in [2.45, 2.75) is 32.4 Å². The topological polar surface area (TPSA) is 43.0 Å². The van der Waals surface area contributed by atoms with E-state index in [9.17, 15) is 0 Å². The van der Waals surface area contributed by atoms with Gasteiger partial charge in [0.1, 0.15) is 6.61 Å². The van der Waals surface area contributed by atoms with Gasteiger partial charge in [-0.05, 0) is 67.6 Å². The number of rotatable bonds is 7. The molecule has 2 aliphatic rings. The van der Waals surface area contributed by atoms with Crippen LogP contribution in [0.2, 0.25) is 0 Å². The summed E-state index contributed by atoms with van der Waals surface area (Å²) in [5.41, 5.74) is 2.83. The van der Waals surface area contributed by atoms with Gasteiger partial charge in [0.25, 0.3) is 0 Å². The van der Waals surface area contributed by atoms with Gasteiger partial charge in [-0.2, -0.15) is 0 Å². The summed E-state index contributed by atoms with van der Waals surface area (Å²) in [5, 5.41) is 3.50. The molecule has 2 aromatic rings. The summed E-state index contributed by atoms with van der Waals surface area (Å²) in [7, 11) is 3.38. The highest BCUT2D eigenvalue weighted by atomic mass is 35.5. The minimum atomic E-state index is 0. The lowest BCUT2D eigenvalue weighted by molar-refractivity contribution is 0.193. The number of nitrogens with zero attached hydrogens (tertiary/aromatic N) is 1. The highest BCUT2D eigenvalue weighted by molar-refractivity contribution is 5.85. The van der Waals surface area contributed by atoms with Crippen LogP contribution in [0.25, 0.3) is 0 Å². The Labute approximate surface area is 186 Å². The molecule has 2 fully saturated rings. The zero-order chi connectivity index (χ0) is 20.1. The fraction of sp³-hybridized carbons (Fsp3) is 0.500. The van der Waals surface area contributed by atoms with Crippen LogP contribution in [0.3, 0.4) is 0 Å². The van der Waals surface area contributed by atoms with Gasteiger partial charge in [-0.3, -0.25) is 4.90 Å². The van der Waals surface area contributed by atoms with Gasteiger partial charge in [-0.25, -0.2) is 0 Å². The molecular formula is C24H33ClN2O3. The molecule has 0 aromatic heterocycles. The van der Waals surface area contributed by atoms with Crippen LogP contribution >= 0.6 is 12.4 Å². The average molecular weight is 433 g/mol. The third kappa shape index (κ3) is 5.20. The van der Waals surface area contributed by atoms with Crippen LogP contribution in [0.1, 0.15) is 30.4 Å². The molecule has 4 rings (SSSR count). The van der Waals surface area contributed by atoms with Crippen molar-refractivity contribution < 1.29 is 14.2 Å². The van der Waals surface area contributed by atoms with Gasteiger partial charge in [0.2, 0.25) is 5.75 Å². The van der Waals surface area contributed by atoms with E-state index in [1.165, 1.54) is 31.4 Å². The Balaban J connectivity index is 0.00000256. The molecule has 2 aliphatic heterocycles. The molecule has 0 bridgehead atoms. The highest BCUT2D eigenvalue weighted by Gasteiger charge is 2.38. The molecule has 2 heterocycles. The van der Waals surface area contributed by atoms with Crippen LogP contribution in [0.4, 0.5) is 0 Å². The second kappa shape index (κ2) is 10.4. The van der Waals surface area contributed by atoms with E-state index < -0.39 is 0 Å². The smallest absolute Gasteiger partial charge is 0.203 e. The first kappa shape index (κ1) is 22.7. The van der Waals surface area contributed by atoms with E-state index in [4.69, 9.17) is 14.2 Å². The number of halogens is 1. The van der Waals surface area contributed by atoms with Gasteiger partial charge in [0.05, 0.1) is 14.2 Å². The maximum atomic E-state index is 6.08. The molecule has 6 heteroatoms. The molecule has 30 heavy (non-hydrogen) atoms. The molecule has 5 nitrogen and oxygen atoms in total. The Hall–Kier alpha value is -1.95. The number of hydrogen-bond acceptors (Lipinski definition) is 5. The van der Waals surface area contributed by atoms with E-state index in [1.54, 1.807) is 14.2 Å². The van der Waals surface area contributed by atoms with Gasteiger partial charge in [0, 0.05) is 13.1 Å². The molecule has 0 radical (unpaired) electrons. The zero-order valence-corrected chi connectivity index (χ0v) is 18.8. The quantitative estimate of drug-likeness (QED) is 0.707. The van der Waals surface area contributed by atoms with Crippen molar-refractivity contribution in [3.63, 3.8) is 0 Å². The fourth-order valence-corrected chi connectivity index (χ4v) is 4.68. The largest absolute Gasteiger partial charge is 0.493 e. The molecule has 0 atom stereocenters. The molecular weight excluding hydrogens is 400 g/mol. The van der Waals surface area contributed by atoms with E-state index in [-0.39, 0.29) is 12.4 Å². The van der Waals surface area contributed by atoms with Crippen LogP contribution in [-0.4, -0.2) is 45.3 Å². The van der Waals surface area contributed by atoms with Crippen molar-refractivity contribution in [3.8, 4) is 17.2 Å². The minimum absolute atomic E-state index is 0. The number of nitrogens with one attached hydrogen (secondary N) is 1. The molecule has 2 saturated heterocycles. The summed E-state index contributed by atoms with van der Waals surface area (Å²) in [6.07, 6.45) is 3.89. The fourth-order valence-electron chi connectivity index (χ4n) is 4.68. The lowest BCUT2D eigenvalue weighted by Crippen LogP contribution is -2.38. The summed E-state index contributed by atoms with van der Waals surface area (Å²) >= 11 is 0. The third-order valence-corrected chi connectivity index (χ3v) is 6.33. The summed E-state index contributed by atoms with van der Waals surface area (Å²) in [4.78, 5) is 2.57. The molecule has 2 aromatic carbocycles. The number of likely N-dealkylation sites (tertiary alicyclic amines) is 1. The zero-order valence-electron chi connectivity index (χ0n) is 18.0. The number of methoxy groups -OCH3 is 2. The number of benzene rings is 2. The second-order valence-electron chi connectivity index (χ2n) is 8.31. The van der Waals surface area contributed by atoms with Crippen molar-refractivity contribution in [1.82, 2.24) is 10.2 Å². The monoisotopic (exact) mass is 432 g/mol. The molecule has 0 amide bonds. The van der Waals surface area contributed by atoms with Crippen LogP contribution in [0, 0.1) is 5.41 Å². The number of ether oxygens (including phenoxy) is 3. The van der Waals surface area contributed by atoms with E-state index in [2.05, 4.69) is 34.5 Å². The number of hydrogen-bond donors (Lipinski definition) is 1. The molecule has 0 saturated carbocycles. The molecule has 0 aliphatic carbocycles. The summed E-state index contributed by atoms with van der Waals surface area (Å²) < 4.78 is 17.4. The predicted molar refractivity (Wildman–Crippen MR) is 122 cm³/mol. The van der Waals surface area contributed by atoms with Gasteiger partial charge < -0.3 is 19.5 Å². The normalized spacial score (nSPS) is 18.1. The van der Waals surface area contributed by atoms with Crippen molar-refractivity contribution in [3.05, 3.63) is 53.6 Å². The Morgan fingerprint density at radius 2 is 1.60 bits per heavy atom. The van der Waals surface area contributed by atoms with E-state index in [0.29, 0.717) is 17.8 Å². The predicted octanol–water partition coefficient (Wildman–Crippen LogP) is 4.28.